The maximum Gasteiger partial charge on any atom is 0.336 e. The van der Waals surface area contributed by atoms with E-state index in [1.165, 1.54) is 12.1 Å². The molecular formula is C9H7NO5S. The fraction of sp³-hybridized carbons (Fsp3) is 0. The summed E-state index contributed by atoms with van der Waals surface area (Å²) >= 11 is 0. The first kappa shape index (κ1) is 10.7. The molecule has 2 rings (SSSR count). The van der Waals surface area contributed by atoms with E-state index in [2.05, 4.69) is 0 Å². The van der Waals surface area contributed by atoms with Crippen LogP contribution in [-0.4, -0.2) is 13.0 Å². The molecule has 16 heavy (non-hydrogen) atoms. The summed E-state index contributed by atoms with van der Waals surface area (Å²) in [5.41, 5.74) is 4.85. The van der Waals surface area contributed by atoms with Gasteiger partial charge in [0.2, 0.25) is 0 Å². The second kappa shape index (κ2) is 3.32. The molecule has 84 valence electrons. The molecule has 1 heterocycles. The topological polar surface area (TPSA) is 111 Å². The van der Waals surface area contributed by atoms with Gasteiger partial charge in [-0.3, -0.25) is 4.55 Å². The van der Waals surface area contributed by atoms with Crippen molar-refractivity contribution in [1.29, 1.82) is 0 Å². The quantitative estimate of drug-likeness (QED) is 0.430. The molecule has 2 aromatic rings. The van der Waals surface area contributed by atoms with Crippen LogP contribution in [0.1, 0.15) is 0 Å². The highest BCUT2D eigenvalue weighted by atomic mass is 32.2. The van der Waals surface area contributed by atoms with E-state index in [0.29, 0.717) is 5.39 Å². The Balaban J connectivity index is 2.88. The van der Waals surface area contributed by atoms with Crippen LogP contribution in [0.4, 0.5) is 5.69 Å². The van der Waals surface area contributed by atoms with Crippen LogP contribution in [0.3, 0.4) is 0 Å². The van der Waals surface area contributed by atoms with Gasteiger partial charge in [-0.25, -0.2) is 4.79 Å². The Morgan fingerprint density at radius 1 is 1.25 bits per heavy atom. The molecule has 3 N–H and O–H groups in total. The molecule has 1 aromatic carbocycles. The molecule has 0 bridgehead atoms. The molecule has 0 amide bonds. The highest BCUT2D eigenvalue weighted by molar-refractivity contribution is 7.86. The lowest BCUT2D eigenvalue weighted by molar-refractivity contribution is 0.483. The molecule has 0 spiro atoms. The number of hydrogen-bond acceptors (Lipinski definition) is 5. The van der Waals surface area contributed by atoms with Crippen molar-refractivity contribution in [2.45, 2.75) is 4.90 Å². The van der Waals surface area contributed by atoms with Crippen molar-refractivity contribution in [1.82, 2.24) is 0 Å². The van der Waals surface area contributed by atoms with Gasteiger partial charge in [0.15, 0.2) is 0 Å². The number of hydrogen-bond donors (Lipinski definition) is 2. The van der Waals surface area contributed by atoms with Crippen molar-refractivity contribution in [2.75, 3.05) is 5.73 Å². The first-order valence-corrected chi connectivity index (χ1v) is 5.63. The van der Waals surface area contributed by atoms with Crippen molar-refractivity contribution in [2.24, 2.45) is 0 Å². The molecule has 0 saturated carbocycles. The molecule has 0 fully saturated rings. The molecule has 0 saturated heterocycles. The summed E-state index contributed by atoms with van der Waals surface area (Å²) in [5, 5.41) is 0.362. The van der Waals surface area contributed by atoms with E-state index < -0.39 is 20.6 Å². The molecule has 1 aromatic heterocycles. The van der Waals surface area contributed by atoms with Crippen molar-refractivity contribution in [3.05, 3.63) is 34.7 Å². The molecule has 0 unspecified atom stereocenters. The minimum Gasteiger partial charge on any atom is -0.423 e. The molecular weight excluding hydrogens is 234 g/mol. The number of rotatable bonds is 1. The molecule has 0 atom stereocenters. The number of fused-ring (bicyclic) bond motifs is 1. The van der Waals surface area contributed by atoms with E-state index >= 15 is 0 Å². The fourth-order valence-electron chi connectivity index (χ4n) is 1.33. The van der Waals surface area contributed by atoms with Crippen LogP contribution < -0.4 is 11.4 Å². The van der Waals surface area contributed by atoms with Crippen molar-refractivity contribution >= 4 is 26.8 Å². The van der Waals surface area contributed by atoms with Crippen LogP contribution >= 0.6 is 0 Å². The normalized spacial score (nSPS) is 11.8. The Morgan fingerprint density at radius 2 is 1.94 bits per heavy atom. The van der Waals surface area contributed by atoms with Crippen molar-refractivity contribution in [3.63, 3.8) is 0 Å². The molecule has 0 aliphatic carbocycles. The Morgan fingerprint density at radius 3 is 2.56 bits per heavy atom. The van der Waals surface area contributed by atoms with Gasteiger partial charge in [-0.1, -0.05) is 0 Å². The first-order valence-electron chi connectivity index (χ1n) is 4.19. The van der Waals surface area contributed by atoms with Crippen LogP contribution in [0.5, 0.6) is 0 Å². The monoisotopic (exact) mass is 241 g/mol. The Kier molecular flexibility index (Phi) is 2.21. The summed E-state index contributed by atoms with van der Waals surface area (Å²) in [4.78, 5) is 10.5. The zero-order valence-electron chi connectivity index (χ0n) is 7.88. The summed E-state index contributed by atoms with van der Waals surface area (Å²) in [6.45, 7) is 0. The SMILES string of the molecule is Nc1cc2oc(=O)ccc2cc1S(=O)(=O)O. The van der Waals surface area contributed by atoms with Gasteiger partial charge >= 0.3 is 5.63 Å². The zero-order valence-corrected chi connectivity index (χ0v) is 8.69. The second-order valence-corrected chi connectivity index (χ2v) is 4.55. The van der Waals surface area contributed by atoms with Crippen LogP contribution in [-0.2, 0) is 10.1 Å². The predicted molar refractivity (Wildman–Crippen MR) is 56.7 cm³/mol. The third kappa shape index (κ3) is 1.77. The smallest absolute Gasteiger partial charge is 0.336 e. The standard InChI is InChI=1S/C9H7NO5S/c10-6-4-7-5(1-2-9(11)15-7)3-8(6)16(12,13)14/h1-4H,10H2,(H,12,13,14). The van der Waals surface area contributed by atoms with E-state index in [1.54, 1.807) is 0 Å². The lowest BCUT2D eigenvalue weighted by Crippen LogP contribution is -2.04. The van der Waals surface area contributed by atoms with Gasteiger partial charge in [0.1, 0.15) is 10.5 Å². The van der Waals surface area contributed by atoms with E-state index in [-0.39, 0.29) is 11.3 Å². The Bertz CT molecular complexity index is 716. The lowest BCUT2D eigenvalue weighted by Gasteiger charge is -2.03. The number of nitrogen functional groups attached to an aromatic ring is 1. The predicted octanol–water partition coefficient (Wildman–Crippen LogP) is 0.622. The summed E-state index contributed by atoms with van der Waals surface area (Å²) in [6.07, 6.45) is 0. The fourth-order valence-corrected chi connectivity index (χ4v) is 1.97. The summed E-state index contributed by atoms with van der Waals surface area (Å²) in [7, 11) is -4.38. The lowest BCUT2D eigenvalue weighted by atomic mass is 10.2. The molecule has 6 nitrogen and oxygen atoms in total. The van der Waals surface area contributed by atoms with Gasteiger partial charge in [0.05, 0.1) is 5.69 Å². The minimum absolute atomic E-state index is 0.164. The Labute approximate surface area is 90.0 Å². The van der Waals surface area contributed by atoms with Gasteiger partial charge in [-0.15, -0.1) is 0 Å². The van der Waals surface area contributed by atoms with E-state index in [9.17, 15) is 13.2 Å². The summed E-state index contributed by atoms with van der Waals surface area (Å²) < 4.78 is 35.6. The van der Waals surface area contributed by atoms with Gasteiger partial charge < -0.3 is 10.2 Å². The van der Waals surface area contributed by atoms with Gasteiger partial charge in [-0.2, -0.15) is 8.42 Å². The van der Waals surface area contributed by atoms with Gasteiger partial charge in [-0.05, 0) is 12.1 Å². The Hall–Kier alpha value is -1.86. The number of benzene rings is 1. The molecule has 0 radical (unpaired) electrons. The van der Waals surface area contributed by atoms with Crippen LogP contribution in [0, 0.1) is 0 Å². The summed E-state index contributed by atoms with van der Waals surface area (Å²) in [5.74, 6) is 0. The minimum atomic E-state index is -4.38. The molecule has 0 aliphatic rings. The van der Waals surface area contributed by atoms with E-state index in [0.717, 1.165) is 12.1 Å². The largest absolute Gasteiger partial charge is 0.423 e. The van der Waals surface area contributed by atoms with E-state index in [1.807, 2.05) is 0 Å². The number of nitrogens with two attached hydrogens (primary N) is 1. The highest BCUT2D eigenvalue weighted by Gasteiger charge is 2.15. The second-order valence-electron chi connectivity index (χ2n) is 3.16. The molecule has 7 heteroatoms. The molecule has 0 aliphatic heterocycles. The average Bonchev–Trinajstić information content (AvgIpc) is 2.14. The average molecular weight is 241 g/mol. The van der Waals surface area contributed by atoms with Crippen LogP contribution in [0.2, 0.25) is 0 Å². The third-order valence-corrected chi connectivity index (χ3v) is 2.94. The van der Waals surface area contributed by atoms with Crippen molar-refractivity contribution < 1.29 is 17.4 Å². The first-order chi connectivity index (χ1) is 7.38. The number of anilines is 1. The van der Waals surface area contributed by atoms with Crippen molar-refractivity contribution in [3.8, 4) is 0 Å². The highest BCUT2D eigenvalue weighted by Crippen LogP contribution is 2.24. The zero-order chi connectivity index (χ0) is 11.9. The van der Waals surface area contributed by atoms with E-state index in [4.69, 9.17) is 14.7 Å². The van der Waals surface area contributed by atoms with Crippen LogP contribution in [0.25, 0.3) is 11.0 Å². The third-order valence-electron chi connectivity index (χ3n) is 2.03. The maximum absolute atomic E-state index is 10.9. The van der Waals surface area contributed by atoms with Gasteiger partial charge in [0, 0.05) is 17.5 Å². The maximum atomic E-state index is 10.9. The summed E-state index contributed by atoms with van der Waals surface area (Å²) in [6, 6.07) is 4.85. The van der Waals surface area contributed by atoms with Crippen LogP contribution in [0.15, 0.2) is 38.4 Å². The van der Waals surface area contributed by atoms with Gasteiger partial charge in [0.25, 0.3) is 10.1 Å².